The molecular formula is C13H15ClFN3O2S. The van der Waals surface area contributed by atoms with E-state index in [1.165, 1.54) is 23.5 Å². The lowest BCUT2D eigenvalue weighted by Gasteiger charge is -2.17. The van der Waals surface area contributed by atoms with Gasteiger partial charge >= 0.3 is 0 Å². The molecular weight excluding hydrogens is 317 g/mol. The number of aromatic nitrogens is 2. The number of alkyl halides is 1. The molecule has 0 radical (unpaired) electrons. The van der Waals surface area contributed by atoms with E-state index in [0.717, 1.165) is 11.6 Å². The van der Waals surface area contributed by atoms with Crippen LogP contribution in [0.3, 0.4) is 0 Å². The van der Waals surface area contributed by atoms with Gasteiger partial charge in [0.05, 0.1) is 17.0 Å². The van der Waals surface area contributed by atoms with Gasteiger partial charge in [-0.15, -0.1) is 11.6 Å². The normalized spacial score (nSPS) is 12.0. The van der Waals surface area contributed by atoms with E-state index >= 15 is 0 Å². The number of sulfonamides is 1. The Morgan fingerprint density at radius 2 is 2.14 bits per heavy atom. The zero-order chi connectivity index (χ0) is 15.6. The van der Waals surface area contributed by atoms with E-state index in [1.54, 1.807) is 24.1 Å². The second-order valence-corrected chi connectivity index (χ2v) is 6.98. The minimum Gasteiger partial charge on any atom is -0.275 e. The largest absolute Gasteiger partial charge is 0.275 e. The molecule has 0 N–H and O–H groups in total. The van der Waals surface area contributed by atoms with Crippen molar-refractivity contribution in [2.24, 2.45) is 7.05 Å². The first-order chi connectivity index (χ1) is 9.84. The predicted octanol–water partition coefficient (Wildman–Crippen LogP) is 2.12. The summed E-state index contributed by atoms with van der Waals surface area (Å²) >= 11 is 5.61. The van der Waals surface area contributed by atoms with Crippen molar-refractivity contribution < 1.29 is 12.8 Å². The minimum atomic E-state index is -3.71. The zero-order valence-corrected chi connectivity index (χ0v) is 13.2. The lowest BCUT2D eigenvalue weighted by atomic mass is 10.2. The van der Waals surface area contributed by atoms with Gasteiger partial charge in [-0.1, -0.05) is 0 Å². The van der Waals surface area contributed by atoms with Crippen LogP contribution in [0.5, 0.6) is 0 Å². The molecule has 0 aliphatic rings. The Kier molecular flexibility index (Phi) is 4.65. The van der Waals surface area contributed by atoms with Gasteiger partial charge in [-0.2, -0.15) is 9.40 Å². The molecule has 0 spiro atoms. The molecule has 8 heteroatoms. The first kappa shape index (κ1) is 15.9. The molecule has 1 heterocycles. The first-order valence-corrected chi connectivity index (χ1v) is 8.10. The third-order valence-electron chi connectivity index (χ3n) is 3.03. The SMILES string of the molecule is CN(Cc1cnn(C)c1)S(=O)(=O)c1ccc(F)c(CCl)c1. The van der Waals surface area contributed by atoms with Gasteiger partial charge in [-0.05, 0) is 18.2 Å². The van der Waals surface area contributed by atoms with Crippen LogP contribution in [0.1, 0.15) is 11.1 Å². The third-order valence-corrected chi connectivity index (χ3v) is 5.12. The number of nitrogens with zero attached hydrogens (tertiary/aromatic N) is 3. The smallest absolute Gasteiger partial charge is 0.243 e. The van der Waals surface area contributed by atoms with Crippen LogP contribution >= 0.6 is 11.6 Å². The average Bonchev–Trinajstić information content (AvgIpc) is 2.84. The van der Waals surface area contributed by atoms with Crippen molar-refractivity contribution >= 4 is 21.6 Å². The van der Waals surface area contributed by atoms with Gasteiger partial charge in [-0.25, -0.2) is 12.8 Å². The quantitative estimate of drug-likeness (QED) is 0.789. The van der Waals surface area contributed by atoms with Crippen LogP contribution in [0.2, 0.25) is 0 Å². The molecule has 0 atom stereocenters. The Hall–Kier alpha value is -1.44. The molecule has 0 aliphatic carbocycles. The van der Waals surface area contributed by atoms with Gasteiger partial charge < -0.3 is 0 Å². The summed E-state index contributed by atoms with van der Waals surface area (Å²) in [6, 6.07) is 3.61. The highest BCUT2D eigenvalue weighted by Gasteiger charge is 2.22. The molecule has 21 heavy (non-hydrogen) atoms. The van der Waals surface area contributed by atoms with Crippen LogP contribution in [-0.4, -0.2) is 29.6 Å². The highest BCUT2D eigenvalue weighted by atomic mass is 35.5. The molecule has 0 fully saturated rings. The van der Waals surface area contributed by atoms with E-state index in [0.29, 0.717) is 0 Å². The fraction of sp³-hybridized carbons (Fsp3) is 0.308. The van der Waals surface area contributed by atoms with Crippen molar-refractivity contribution in [1.29, 1.82) is 0 Å². The number of rotatable bonds is 5. The summed E-state index contributed by atoms with van der Waals surface area (Å²) in [7, 11) is -0.487. The highest BCUT2D eigenvalue weighted by Crippen LogP contribution is 2.20. The van der Waals surface area contributed by atoms with Crippen molar-refractivity contribution in [2.75, 3.05) is 7.05 Å². The summed E-state index contributed by atoms with van der Waals surface area (Å²) in [6.07, 6.45) is 3.34. The Morgan fingerprint density at radius 1 is 1.43 bits per heavy atom. The van der Waals surface area contributed by atoms with E-state index in [9.17, 15) is 12.8 Å². The minimum absolute atomic E-state index is 0.0194. The number of aryl methyl sites for hydroxylation is 1. The molecule has 1 aromatic carbocycles. The van der Waals surface area contributed by atoms with E-state index < -0.39 is 15.8 Å². The van der Waals surface area contributed by atoms with Crippen molar-refractivity contribution in [2.45, 2.75) is 17.3 Å². The summed E-state index contributed by atoms with van der Waals surface area (Å²) in [5.74, 6) is -0.597. The molecule has 0 bridgehead atoms. The number of hydrogen-bond acceptors (Lipinski definition) is 3. The van der Waals surface area contributed by atoms with Crippen LogP contribution in [0.4, 0.5) is 4.39 Å². The molecule has 0 saturated carbocycles. The maximum Gasteiger partial charge on any atom is 0.243 e. The van der Waals surface area contributed by atoms with Crippen LogP contribution in [0.25, 0.3) is 0 Å². The van der Waals surface area contributed by atoms with Gasteiger partial charge in [0, 0.05) is 38.0 Å². The summed E-state index contributed by atoms with van der Waals surface area (Å²) in [6.45, 7) is 0.184. The van der Waals surface area contributed by atoms with E-state index in [1.807, 2.05) is 0 Å². The topological polar surface area (TPSA) is 55.2 Å². The molecule has 2 aromatic rings. The lowest BCUT2D eigenvalue weighted by Crippen LogP contribution is -2.26. The van der Waals surface area contributed by atoms with E-state index in [4.69, 9.17) is 11.6 Å². The first-order valence-electron chi connectivity index (χ1n) is 6.13. The number of halogens is 2. The van der Waals surface area contributed by atoms with Gasteiger partial charge in [-0.3, -0.25) is 4.68 Å². The van der Waals surface area contributed by atoms with Crippen molar-refractivity contribution in [3.05, 3.63) is 47.5 Å². The van der Waals surface area contributed by atoms with Crippen LogP contribution in [0, 0.1) is 5.82 Å². The summed E-state index contributed by atoms with van der Waals surface area (Å²) in [4.78, 5) is 0.0194. The summed E-state index contributed by atoms with van der Waals surface area (Å²) < 4.78 is 41.1. The van der Waals surface area contributed by atoms with Crippen molar-refractivity contribution in [1.82, 2.24) is 14.1 Å². The second kappa shape index (κ2) is 6.13. The molecule has 5 nitrogen and oxygen atoms in total. The third kappa shape index (κ3) is 3.42. The molecule has 0 unspecified atom stereocenters. The summed E-state index contributed by atoms with van der Waals surface area (Å²) in [5, 5.41) is 3.99. The standard InChI is InChI=1S/C13H15ClFN3O2S/c1-17-8-10(7-16-17)9-18(2)21(19,20)12-3-4-13(15)11(5-12)6-14/h3-5,7-8H,6,9H2,1-2H3. The van der Waals surface area contributed by atoms with E-state index in [2.05, 4.69) is 5.10 Å². The fourth-order valence-corrected chi connectivity index (χ4v) is 3.30. The Morgan fingerprint density at radius 3 is 2.71 bits per heavy atom. The Labute approximate surface area is 128 Å². The zero-order valence-electron chi connectivity index (χ0n) is 11.6. The van der Waals surface area contributed by atoms with Crippen molar-refractivity contribution in [3.8, 4) is 0 Å². The van der Waals surface area contributed by atoms with Gasteiger partial charge in [0.1, 0.15) is 5.82 Å². The van der Waals surface area contributed by atoms with Gasteiger partial charge in [0.15, 0.2) is 0 Å². The molecule has 0 saturated heterocycles. The number of benzene rings is 1. The second-order valence-electron chi connectivity index (χ2n) is 4.67. The Balaban J connectivity index is 2.28. The Bertz CT molecular complexity index is 746. The van der Waals surface area contributed by atoms with E-state index in [-0.39, 0.29) is 22.9 Å². The lowest BCUT2D eigenvalue weighted by molar-refractivity contribution is 0.466. The maximum atomic E-state index is 13.4. The molecule has 1 aromatic heterocycles. The molecule has 0 amide bonds. The van der Waals surface area contributed by atoms with Gasteiger partial charge in [0.2, 0.25) is 10.0 Å². The monoisotopic (exact) mass is 331 g/mol. The molecule has 2 rings (SSSR count). The predicted molar refractivity (Wildman–Crippen MR) is 77.8 cm³/mol. The van der Waals surface area contributed by atoms with Crippen molar-refractivity contribution in [3.63, 3.8) is 0 Å². The van der Waals surface area contributed by atoms with Crippen LogP contribution in [-0.2, 0) is 29.5 Å². The highest BCUT2D eigenvalue weighted by molar-refractivity contribution is 7.89. The maximum absolute atomic E-state index is 13.4. The molecule has 114 valence electrons. The molecule has 0 aliphatic heterocycles. The fourth-order valence-electron chi connectivity index (χ4n) is 1.89. The average molecular weight is 332 g/mol. The summed E-state index contributed by atoms with van der Waals surface area (Å²) in [5.41, 5.74) is 0.927. The van der Waals surface area contributed by atoms with Crippen LogP contribution in [0.15, 0.2) is 35.5 Å². The van der Waals surface area contributed by atoms with Gasteiger partial charge in [0.25, 0.3) is 0 Å². The number of hydrogen-bond donors (Lipinski definition) is 0. The van der Waals surface area contributed by atoms with Crippen LogP contribution < -0.4 is 0 Å².